The van der Waals surface area contributed by atoms with Crippen LogP contribution in [0.5, 0.6) is 0 Å². The minimum atomic E-state index is -0.718. The van der Waals surface area contributed by atoms with E-state index in [4.69, 9.17) is 5.11 Å². The fourth-order valence-electron chi connectivity index (χ4n) is 3.12. The smallest absolute Gasteiger partial charge is 0.303 e. The third-order valence-electron chi connectivity index (χ3n) is 4.55. The number of unbranched alkanes of at least 4 members (excludes halogenated alkanes) is 7. The van der Waals surface area contributed by atoms with Gasteiger partial charge in [-0.2, -0.15) is 0 Å². The maximum Gasteiger partial charge on any atom is 0.303 e. The first kappa shape index (κ1) is 19.7. The number of allylic oxidation sites excluding steroid dienone is 4. The monoisotopic (exact) mass is 320 g/mol. The number of carboxylic acid groups (broad SMARTS) is 1. The Morgan fingerprint density at radius 1 is 1.13 bits per heavy atom. The average molecular weight is 320 g/mol. The molecular weight excluding hydrogens is 288 g/mol. The summed E-state index contributed by atoms with van der Waals surface area (Å²) >= 11 is 0. The second-order valence-corrected chi connectivity index (χ2v) is 6.57. The molecule has 0 amide bonds. The molecule has 0 saturated carbocycles. The zero-order chi connectivity index (χ0) is 16.9. The van der Waals surface area contributed by atoms with E-state index in [1.807, 2.05) is 6.08 Å². The van der Waals surface area contributed by atoms with E-state index in [9.17, 15) is 9.59 Å². The van der Waals surface area contributed by atoms with Gasteiger partial charge in [0.2, 0.25) is 0 Å². The number of hydrogen-bond donors (Lipinski definition) is 1. The second kappa shape index (κ2) is 12.1. The van der Waals surface area contributed by atoms with Crippen LogP contribution in [0, 0.1) is 11.8 Å². The number of hydrogen-bond acceptors (Lipinski definition) is 2. The average Bonchev–Trinajstić information content (AvgIpc) is 2.86. The SMILES string of the molecule is CCCCCC/C=C/[C@H]1C=CC(=O)[C@@H]1CCCCCCC(=O)O. The molecule has 0 fully saturated rings. The van der Waals surface area contributed by atoms with Crippen LogP contribution in [-0.4, -0.2) is 16.9 Å². The van der Waals surface area contributed by atoms with Crippen molar-refractivity contribution in [1.82, 2.24) is 0 Å². The molecule has 0 aromatic carbocycles. The Morgan fingerprint density at radius 3 is 2.61 bits per heavy atom. The summed E-state index contributed by atoms with van der Waals surface area (Å²) in [5, 5.41) is 8.60. The van der Waals surface area contributed by atoms with E-state index in [1.54, 1.807) is 6.08 Å². The minimum absolute atomic E-state index is 0.112. The van der Waals surface area contributed by atoms with Gasteiger partial charge in [-0.1, -0.05) is 63.7 Å². The molecule has 2 atom stereocenters. The Morgan fingerprint density at radius 2 is 1.87 bits per heavy atom. The first-order chi connectivity index (χ1) is 11.1. The summed E-state index contributed by atoms with van der Waals surface area (Å²) in [6, 6.07) is 0. The van der Waals surface area contributed by atoms with Crippen LogP contribution in [0.2, 0.25) is 0 Å². The van der Waals surface area contributed by atoms with Crippen molar-refractivity contribution in [2.24, 2.45) is 11.8 Å². The van der Waals surface area contributed by atoms with Gasteiger partial charge in [0.05, 0.1) is 0 Å². The molecule has 0 bridgehead atoms. The highest BCUT2D eigenvalue weighted by atomic mass is 16.4. The molecule has 3 heteroatoms. The quantitative estimate of drug-likeness (QED) is 0.369. The highest BCUT2D eigenvalue weighted by molar-refractivity contribution is 5.94. The van der Waals surface area contributed by atoms with E-state index in [0.717, 1.165) is 38.5 Å². The van der Waals surface area contributed by atoms with Crippen LogP contribution in [0.15, 0.2) is 24.3 Å². The Bertz CT molecular complexity index is 409. The van der Waals surface area contributed by atoms with Crippen LogP contribution < -0.4 is 0 Å². The molecule has 130 valence electrons. The summed E-state index contributed by atoms with van der Waals surface area (Å²) in [5.74, 6) is -0.0745. The molecule has 0 spiro atoms. The van der Waals surface area contributed by atoms with E-state index in [1.165, 1.54) is 25.7 Å². The molecular formula is C20H32O3. The van der Waals surface area contributed by atoms with Crippen molar-refractivity contribution in [3.8, 4) is 0 Å². The lowest BCUT2D eigenvalue weighted by molar-refractivity contribution is -0.137. The molecule has 0 aromatic heterocycles. The van der Waals surface area contributed by atoms with Crippen LogP contribution in [-0.2, 0) is 9.59 Å². The lowest BCUT2D eigenvalue weighted by Crippen LogP contribution is -2.14. The van der Waals surface area contributed by atoms with Crippen molar-refractivity contribution >= 4 is 11.8 Å². The summed E-state index contributed by atoms with van der Waals surface area (Å²) in [4.78, 5) is 22.4. The van der Waals surface area contributed by atoms with Crippen molar-refractivity contribution in [2.45, 2.75) is 77.6 Å². The summed E-state index contributed by atoms with van der Waals surface area (Å²) in [6.07, 6.45) is 19.3. The Kier molecular flexibility index (Phi) is 10.3. The summed E-state index contributed by atoms with van der Waals surface area (Å²) in [6.45, 7) is 2.22. The van der Waals surface area contributed by atoms with Gasteiger partial charge in [0.15, 0.2) is 5.78 Å². The number of aliphatic carboxylic acids is 1. The fraction of sp³-hybridized carbons (Fsp3) is 0.700. The molecule has 0 saturated heterocycles. The molecule has 0 unspecified atom stereocenters. The number of carbonyl (C=O) groups is 2. The fourth-order valence-corrected chi connectivity index (χ4v) is 3.12. The molecule has 23 heavy (non-hydrogen) atoms. The van der Waals surface area contributed by atoms with Gasteiger partial charge in [-0.3, -0.25) is 9.59 Å². The minimum Gasteiger partial charge on any atom is -0.481 e. The van der Waals surface area contributed by atoms with Gasteiger partial charge in [-0.05, 0) is 31.8 Å². The maximum atomic E-state index is 12.0. The standard InChI is InChI=1S/C20H32O3/c1-2-3-4-5-6-9-12-17-15-16-19(21)18(17)13-10-7-8-11-14-20(22)23/h9,12,15-18H,2-8,10-11,13-14H2,1H3,(H,22,23)/b12-9+/t17-,18+/m0/s1. The van der Waals surface area contributed by atoms with Crippen LogP contribution in [0.25, 0.3) is 0 Å². The predicted molar refractivity (Wildman–Crippen MR) is 94.4 cm³/mol. The predicted octanol–water partition coefficient (Wildman–Crippen LogP) is 5.31. The molecule has 1 N–H and O–H groups in total. The van der Waals surface area contributed by atoms with Crippen LogP contribution in [0.4, 0.5) is 0 Å². The molecule has 1 aliphatic carbocycles. The Hall–Kier alpha value is -1.38. The third-order valence-corrected chi connectivity index (χ3v) is 4.55. The van der Waals surface area contributed by atoms with Crippen molar-refractivity contribution in [3.63, 3.8) is 0 Å². The molecule has 0 heterocycles. The van der Waals surface area contributed by atoms with Gasteiger partial charge >= 0.3 is 5.97 Å². The number of carboxylic acids is 1. The first-order valence-electron chi connectivity index (χ1n) is 9.25. The molecule has 1 rings (SSSR count). The van der Waals surface area contributed by atoms with Crippen molar-refractivity contribution in [3.05, 3.63) is 24.3 Å². The second-order valence-electron chi connectivity index (χ2n) is 6.57. The van der Waals surface area contributed by atoms with Gasteiger partial charge in [0.1, 0.15) is 0 Å². The highest BCUT2D eigenvalue weighted by Crippen LogP contribution is 2.29. The van der Waals surface area contributed by atoms with Gasteiger partial charge < -0.3 is 5.11 Å². The molecule has 0 aromatic rings. The summed E-state index contributed by atoms with van der Waals surface area (Å²) in [5.41, 5.74) is 0. The number of carbonyl (C=O) groups excluding carboxylic acids is 1. The molecule has 1 aliphatic rings. The van der Waals surface area contributed by atoms with Crippen LogP contribution in [0.3, 0.4) is 0 Å². The van der Waals surface area contributed by atoms with Crippen molar-refractivity contribution in [1.29, 1.82) is 0 Å². The topological polar surface area (TPSA) is 54.4 Å². The lowest BCUT2D eigenvalue weighted by Gasteiger charge is -2.14. The number of ketones is 1. The van der Waals surface area contributed by atoms with Gasteiger partial charge in [-0.15, -0.1) is 0 Å². The van der Waals surface area contributed by atoms with Gasteiger partial charge in [0, 0.05) is 18.3 Å². The van der Waals surface area contributed by atoms with E-state index in [0.29, 0.717) is 0 Å². The largest absolute Gasteiger partial charge is 0.481 e. The number of rotatable bonds is 13. The lowest BCUT2D eigenvalue weighted by atomic mass is 9.88. The Balaban J connectivity index is 2.20. The maximum absolute atomic E-state index is 12.0. The third kappa shape index (κ3) is 8.73. The first-order valence-corrected chi connectivity index (χ1v) is 9.25. The van der Waals surface area contributed by atoms with Crippen molar-refractivity contribution < 1.29 is 14.7 Å². The van der Waals surface area contributed by atoms with Gasteiger partial charge in [-0.25, -0.2) is 0 Å². The van der Waals surface area contributed by atoms with E-state index in [2.05, 4.69) is 19.1 Å². The van der Waals surface area contributed by atoms with Gasteiger partial charge in [0.25, 0.3) is 0 Å². The normalized spacial score (nSPS) is 20.7. The molecule has 3 nitrogen and oxygen atoms in total. The zero-order valence-electron chi connectivity index (χ0n) is 14.5. The highest BCUT2D eigenvalue weighted by Gasteiger charge is 2.27. The summed E-state index contributed by atoms with van der Waals surface area (Å²) in [7, 11) is 0. The van der Waals surface area contributed by atoms with E-state index >= 15 is 0 Å². The van der Waals surface area contributed by atoms with Crippen LogP contribution in [0.1, 0.15) is 77.6 Å². The zero-order valence-corrected chi connectivity index (χ0v) is 14.5. The van der Waals surface area contributed by atoms with Crippen LogP contribution >= 0.6 is 0 Å². The molecule has 0 radical (unpaired) electrons. The molecule has 0 aliphatic heterocycles. The summed E-state index contributed by atoms with van der Waals surface area (Å²) < 4.78 is 0. The Labute approximate surface area is 140 Å². The van der Waals surface area contributed by atoms with Crippen molar-refractivity contribution in [2.75, 3.05) is 0 Å². The van der Waals surface area contributed by atoms with E-state index < -0.39 is 5.97 Å². The van der Waals surface area contributed by atoms with E-state index in [-0.39, 0.29) is 24.0 Å².